The van der Waals surface area contributed by atoms with Crippen molar-refractivity contribution in [1.29, 1.82) is 0 Å². The molecule has 2 aromatic heterocycles. The minimum Gasteiger partial charge on any atom is -0.337 e. The lowest BCUT2D eigenvalue weighted by molar-refractivity contribution is 0.0679. The number of hydrogen-bond acceptors (Lipinski definition) is 3. The van der Waals surface area contributed by atoms with E-state index in [9.17, 15) is 9.59 Å². The van der Waals surface area contributed by atoms with Crippen molar-refractivity contribution >= 4 is 34.6 Å². The fourth-order valence-electron chi connectivity index (χ4n) is 3.60. The summed E-state index contributed by atoms with van der Waals surface area (Å²) in [4.78, 5) is 32.2. The van der Waals surface area contributed by atoms with Crippen LogP contribution in [0.15, 0.2) is 48.7 Å². The minimum absolute atomic E-state index is 0.124. The van der Waals surface area contributed by atoms with Gasteiger partial charge in [0.15, 0.2) is 5.69 Å². The first-order valence-electron chi connectivity index (χ1n) is 9.36. The third-order valence-corrected chi connectivity index (χ3v) is 5.25. The summed E-state index contributed by atoms with van der Waals surface area (Å²) < 4.78 is 1.66. The van der Waals surface area contributed by atoms with Crippen molar-refractivity contribution in [1.82, 2.24) is 14.3 Å². The Kier molecular flexibility index (Phi) is 5.05. The third-order valence-electron chi connectivity index (χ3n) is 5.00. The van der Waals surface area contributed by atoms with Gasteiger partial charge in [0, 0.05) is 30.0 Å². The molecule has 1 saturated heterocycles. The van der Waals surface area contributed by atoms with Gasteiger partial charge >= 0.3 is 0 Å². The Balaban J connectivity index is 1.67. The fourth-order valence-corrected chi connectivity index (χ4v) is 3.73. The molecule has 28 heavy (non-hydrogen) atoms. The van der Waals surface area contributed by atoms with E-state index >= 15 is 0 Å². The van der Waals surface area contributed by atoms with Gasteiger partial charge < -0.3 is 10.2 Å². The molecular formula is C21H21ClN4O2. The summed E-state index contributed by atoms with van der Waals surface area (Å²) in [5, 5.41) is 3.40. The molecule has 1 atom stereocenters. The number of nitrogens with zero attached hydrogens (tertiary/aromatic N) is 3. The van der Waals surface area contributed by atoms with Gasteiger partial charge in [0.2, 0.25) is 5.82 Å². The van der Waals surface area contributed by atoms with Crippen LogP contribution in [0.3, 0.4) is 0 Å². The molecule has 2 amide bonds. The van der Waals surface area contributed by atoms with Crippen molar-refractivity contribution in [3.8, 4) is 0 Å². The van der Waals surface area contributed by atoms with Gasteiger partial charge in [-0.15, -0.1) is 0 Å². The first-order valence-corrected chi connectivity index (χ1v) is 9.74. The number of piperidine rings is 1. The molecule has 1 fully saturated rings. The van der Waals surface area contributed by atoms with E-state index in [1.165, 1.54) is 0 Å². The predicted molar refractivity (Wildman–Crippen MR) is 109 cm³/mol. The van der Waals surface area contributed by atoms with E-state index in [1.54, 1.807) is 34.9 Å². The van der Waals surface area contributed by atoms with Gasteiger partial charge in [-0.05, 0) is 55.2 Å². The molecule has 7 heteroatoms. The molecule has 4 rings (SSSR count). The van der Waals surface area contributed by atoms with E-state index in [0.29, 0.717) is 27.8 Å². The van der Waals surface area contributed by atoms with E-state index in [2.05, 4.69) is 17.2 Å². The van der Waals surface area contributed by atoms with Crippen LogP contribution in [0.2, 0.25) is 5.02 Å². The summed E-state index contributed by atoms with van der Waals surface area (Å²) in [5.74, 6) is 0.147. The standard InChI is InChI=1S/C21H21ClN4O2/c1-14-5-4-11-25(13-14)21(28)18-17-6-2-3-12-26(17)19(24-18)20(27)23-16-9-7-15(22)8-10-16/h2-3,6-10,12,14H,4-5,11,13H2,1H3,(H,23,27). The number of carbonyl (C=O) groups excluding carboxylic acids is 2. The average molecular weight is 397 g/mol. The highest BCUT2D eigenvalue weighted by Gasteiger charge is 2.27. The Morgan fingerprint density at radius 2 is 1.96 bits per heavy atom. The van der Waals surface area contributed by atoms with Crippen LogP contribution in [0.4, 0.5) is 5.69 Å². The molecule has 1 N–H and O–H groups in total. The number of fused-ring (bicyclic) bond motifs is 1. The number of rotatable bonds is 3. The van der Waals surface area contributed by atoms with Crippen molar-refractivity contribution in [2.45, 2.75) is 19.8 Å². The lowest BCUT2D eigenvalue weighted by Gasteiger charge is -2.30. The largest absolute Gasteiger partial charge is 0.337 e. The zero-order valence-electron chi connectivity index (χ0n) is 15.6. The number of imidazole rings is 1. The van der Waals surface area contributed by atoms with Crippen molar-refractivity contribution in [2.24, 2.45) is 5.92 Å². The summed E-state index contributed by atoms with van der Waals surface area (Å²) in [5.41, 5.74) is 1.56. The first-order chi connectivity index (χ1) is 13.5. The predicted octanol–water partition coefficient (Wildman–Crippen LogP) is 4.11. The lowest BCUT2D eigenvalue weighted by atomic mass is 10.00. The molecule has 3 heterocycles. The Morgan fingerprint density at radius 3 is 2.71 bits per heavy atom. The number of carbonyl (C=O) groups is 2. The van der Waals surface area contributed by atoms with Crippen LogP contribution >= 0.6 is 11.6 Å². The van der Waals surface area contributed by atoms with Gasteiger partial charge in [-0.1, -0.05) is 24.6 Å². The molecule has 6 nitrogen and oxygen atoms in total. The van der Waals surface area contributed by atoms with Crippen LogP contribution < -0.4 is 5.32 Å². The molecule has 1 aromatic carbocycles. The number of likely N-dealkylation sites (tertiary alicyclic amines) is 1. The molecule has 1 aliphatic heterocycles. The number of pyridine rings is 1. The smallest absolute Gasteiger partial charge is 0.292 e. The highest BCUT2D eigenvalue weighted by molar-refractivity contribution is 6.30. The summed E-state index contributed by atoms with van der Waals surface area (Å²) in [6.45, 7) is 3.59. The van der Waals surface area contributed by atoms with Crippen molar-refractivity contribution in [3.63, 3.8) is 0 Å². The number of benzene rings is 1. The second kappa shape index (κ2) is 7.64. The monoisotopic (exact) mass is 396 g/mol. The molecule has 0 saturated carbocycles. The number of hydrogen-bond donors (Lipinski definition) is 1. The fraction of sp³-hybridized carbons (Fsp3) is 0.286. The quantitative estimate of drug-likeness (QED) is 0.724. The van der Waals surface area contributed by atoms with Gasteiger partial charge in [0.25, 0.3) is 11.8 Å². The van der Waals surface area contributed by atoms with E-state index in [-0.39, 0.29) is 17.6 Å². The molecule has 0 aliphatic carbocycles. The van der Waals surface area contributed by atoms with Crippen molar-refractivity contribution in [3.05, 3.63) is 65.2 Å². The first kappa shape index (κ1) is 18.5. The summed E-state index contributed by atoms with van der Waals surface area (Å²) in [6, 6.07) is 12.3. The Bertz CT molecular complexity index is 1030. The molecule has 1 aliphatic rings. The van der Waals surface area contributed by atoms with Gasteiger partial charge in [-0.25, -0.2) is 4.98 Å². The van der Waals surface area contributed by atoms with E-state index < -0.39 is 0 Å². The normalized spacial score (nSPS) is 16.9. The second-order valence-corrected chi connectivity index (χ2v) is 7.64. The highest BCUT2D eigenvalue weighted by Crippen LogP contribution is 2.21. The molecule has 0 spiro atoms. The summed E-state index contributed by atoms with van der Waals surface area (Å²) in [6.07, 6.45) is 3.86. The molecule has 1 unspecified atom stereocenters. The van der Waals surface area contributed by atoms with Gasteiger partial charge in [0.05, 0.1) is 5.52 Å². The second-order valence-electron chi connectivity index (χ2n) is 7.20. The molecule has 0 radical (unpaired) electrons. The van der Waals surface area contributed by atoms with Crippen LogP contribution in [0.5, 0.6) is 0 Å². The Hall–Kier alpha value is -2.86. The summed E-state index contributed by atoms with van der Waals surface area (Å²) in [7, 11) is 0. The SMILES string of the molecule is CC1CCCN(C(=O)c2nc(C(=O)Nc3ccc(Cl)cc3)n3ccccc23)C1. The number of aromatic nitrogens is 2. The average Bonchev–Trinajstić information content (AvgIpc) is 3.09. The van der Waals surface area contributed by atoms with Crippen molar-refractivity contribution < 1.29 is 9.59 Å². The van der Waals surface area contributed by atoms with Crippen LogP contribution in [-0.4, -0.2) is 39.2 Å². The number of amides is 2. The topological polar surface area (TPSA) is 66.7 Å². The Labute approximate surface area is 168 Å². The maximum Gasteiger partial charge on any atom is 0.292 e. The maximum absolute atomic E-state index is 13.1. The molecule has 0 bridgehead atoms. The molecule has 144 valence electrons. The van der Waals surface area contributed by atoms with Gasteiger partial charge in [-0.2, -0.15) is 0 Å². The molecular weight excluding hydrogens is 376 g/mol. The number of halogens is 1. The summed E-state index contributed by atoms with van der Waals surface area (Å²) >= 11 is 5.89. The van der Waals surface area contributed by atoms with Gasteiger partial charge in [0.1, 0.15) is 0 Å². The third kappa shape index (κ3) is 3.60. The Morgan fingerprint density at radius 1 is 1.18 bits per heavy atom. The van der Waals surface area contributed by atoms with Crippen LogP contribution in [-0.2, 0) is 0 Å². The van der Waals surface area contributed by atoms with Gasteiger partial charge in [-0.3, -0.25) is 14.0 Å². The zero-order chi connectivity index (χ0) is 19.7. The minimum atomic E-state index is -0.380. The van der Waals surface area contributed by atoms with Crippen LogP contribution in [0, 0.1) is 5.92 Å². The highest BCUT2D eigenvalue weighted by atomic mass is 35.5. The lowest BCUT2D eigenvalue weighted by Crippen LogP contribution is -2.39. The maximum atomic E-state index is 13.1. The van der Waals surface area contributed by atoms with Crippen LogP contribution in [0.1, 0.15) is 40.9 Å². The van der Waals surface area contributed by atoms with E-state index in [0.717, 1.165) is 25.9 Å². The van der Waals surface area contributed by atoms with E-state index in [4.69, 9.17) is 11.6 Å². The number of anilines is 1. The number of nitrogens with one attached hydrogen (secondary N) is 1. The van der Waals surface area contributed by atoms with Crippen molar-refractivity contribution in [2.75, 3.05) is 18.4 Å². The molecule has 3 aromatic rings. The van der Waals surface area contributed by atoms with Crippen LogP contribution in [0.25, 0.3) is 5.52 Å². The van der Waals surface area contributed by atoms with E-state index in [1.807, 2.05) is 23.1 Å². The zero-order valence-corrected chi connectivity index (χ0v) is 16.3.